The Hall–Kier alpha value is -2.69. The minimum Gasteiger partial charge on any atom is -0.490 e. The molecule has 0 spiro atoms. The van der Waals surface area contributed by atoms with E-state index in [0.717, 1.165) is 29.7 Å². The Morgan fingerprint density at radius 2 is 1.86 bits per heavy atom. The Balaban J connectivity index is 1.67. The smallest absolute Gasteiger partial charge is 0.329 e. The van der Waals surface area contributed by atoms with Crippen LogP contribution in [0.5, 0.6) is 5.75 Å². The van der Waals surface area contributed by atoms with Crippen LogP contribution in [0.15, 0.2) is 47.3 Å². The van der Waals surface area contributed by atoms with Gasteiger partial charge in [-0.1, -0.05) is 18.2 Å². The van der Waals surface area contributed by atoms with Crippen molar-refractivity contribution in [3.8, 4) is 5.75 Å². The third kappa shape index (κ3) is 3.09. The van der Waals surface area contributed by atoms with Crippen molar-refractivity contribution in [1.29, 1.82) is 0 Å². The van der Waals surface area contributed by atoms with E-state index in [9.17, 15) is 4.79 Å². The number of hydrogen-bond acceptors (Lipinski definition) is 3. The van der Waals surface area contributed by atoms with Crippen molar-refractivity contribution in [2.24, 2.45) is 0 Å². The van der Waals surface area contributed by atoms with Gasteiger partial charge in [0.2, 0.25) is 0 Å². The largest absolute Gasteiger partial charge is 0.490 e. The molecule has 1 aliphatic heterocycles. The molecule has 4 rings (SSSR count). The highest BCUT2D eigenvalue weighted by Gasteiger charge is 2.23. The van der Waals surface area contributed by atoms with Crippen LogP contribution in [0.1, 0.15) is 39.3 Å². The molecule has 0 amide bonds. The predicted molar refractivity (Wildman–Crippen MR) is 115 cm³/mol. The number of aryl methyl sites for hydroxylation is 1. The second-order valence-electron chi connectivity index (χ2n) is 7.88. The third-order valence-electron chi connectivity index (χ3n) is 5.69. The van der Waals surface area contributed by atoms with Gasteiger partial charge in [-0.2, -0.15) is 0 Å². The summed E-state index contributed by atoms with van der Waals surface area (Å²) in [7, 11) is 0. The summed E-state index contributed by atoms with van der Waals surface area (Å²) in [4.78, 5) is 15.2. The number of rotatable bonds is 5. The number of aromatic nitrogens is 2. The van der Waals surface area contributed by atoms with Crippen molar-refractivity contribution in [3.05, 3.63) is 58.5 Å². The molecule has 28 heavy (non-hydrogen) atoms. The van der Waals surface area contributed by atoms with Crippen LogP contribution < -0.4 is 15.3 Å². The molecule has 2 aromatic carbocycles. The van der Waals surface area contributed by atoms with Gasteiger partial charge in [-0.25, -0.2) is 4.79 Å². The lowest BCUT2D eigenvalue weighted by Crippen LogP contribution is -2.40. The highest BCUT2D eigenvalue weighted by Crippen LogP contribution is 2.33. The third-order valence-corrected chi connectivity index (χ3v) is 5.69. The molecule has 1 aromatic heterocycles. The van der Waals surface area contributed by atoms with Gasteiger partial charge in [-0.05, 0) is 63.9 Å². The summed E-state index contributed by atoms with van der Waals surface area (Å²) in [5.41, 5.74) is 4.56. The zero-order valence-corrected chi connectivity index (χ0v) is 17.2. The highest BCUT2D eigenvalue weighted by atomic mass is 16.5. The first-order valence-corrected chi connectivity index (χ1v) is 10.2. The minimum atomic E-state index is 0.0832. The van der Waals surface area contributed by atoms with Gasteiger partial charge in [-0.3, -0.25) is 9.13 Å². The molecule has 1 atom stereocenters. The Labute approximate surface area is 166 Å². The first kappa shape index (κ1) is 18.7. The monoisotopic (exact) mass is 379 g/mol. The number of nitrogens with zero attached hydrogens (tertiary/aromatic N) is 3. The summed E-state index contributed by atoms with van der Waals surface area (Å²) in [6.07, 6.45) is 0.924. The highest BCUT2D eigenvalue weighted by molar-refractivity contribution is 5.77. The van der Waals surface area contributed by atoms with E-state index in [1.54, 1.807) is 0 Å². The SMILES string of the molecule is CCn1c(=O)n(C(C)C)c2cc(CC(C)N3CCOc4ccccc43)ccc21. The summed E-state index contributed by atoms with van der Waals surface area (Å²) < 4.78 is 9.58. The van der Waals surface area contributed by atoms with Crippen LogP contribution in [-0.2, 0) is 13.0 Å². The van der Waals surface area contributed by atoms with E-state index < -0.39 is 0 Å². The van der Waals surface area contributed by atoms with Crippen molar-refractivity contribution in [2.45, 2.75) is 52.7 Å². The van der Waals surface area contributed by atoms with E-state index in [2.05, 4.69) is 56.0 Å². The normalized spacial score (nSPS) is 15.0. The summed E-state index contributed by atoms with van der Waals surface area (Å²) in [6.45, 7) is 10.7. The molecule has 0 aliphatic carbocycles. The Kier molecular flexibility index (Phi) is 4.92. The van der Waals surface area contributed by atoms with Crippen molar-refractivity contribution < 1.29 is 4.74 Å². The summed E-state index contributed by atoms with van der Waals surface area (Å²) >= 11 is 0. The van der Waals surface area contributed by atoms with Gasteiger partial charge >= 0.3 is 5.69 Å². The Morgan fingerprint density at radius 1 is 1.07 bits per heavy atom. The summed E-state index contributed by atoms with van der Waals surface area (Å²) in [5.74, 6) is 0.963. The van der Waals surface area contributed by atoms with Crippen molar-refractivity contribution >= 4 is 16.7 Å². The Morgan fingerprint density at radius 3 is 2.61 bits per heavy atom. The fourth-order valence-electron chi connectivity index (χ4n) is 4.36. The number of ether oxygens (including phenoxy) is 1. The van der Waals surface area contributed by atoms with E-state index in [1.165, 1.54) is 11.3 Å². The van der Waals surface area contributed by atoms with Crippen LogP contribution in [0, 0.1) is 0 Å². The quantitative estimate of drug-likeness (QED) is 0.666. The van der Waals surface area contributed by atoms with Gasteiger partial charge in [0.15, 0.2) is 0 Å². The predicted octanol–water partition coefficient (Wildman–Crippen LogP) is 4.23. The zero-order valence-electron chi connectivity index (χ0n) is 17.2. The van der Waals surface area contributed by atoms with E-state index >= 15 is 0 Å². The first-order valence-electron chi connectivity index (χ1n) is 10.2. The van der Waals surface area contributed by atoms with Gasteiger partial charge in [-0.15, -0.1) is 0 Å². The molecule has 5 nitrogen and oxygen atoms in total. The summed E-state index contributed by atoms with van der Waals surface area (Å²) in [5, 5.41) is 0. The van der Waals surface area contributed by atoms with Crippen molar-refractivity contribution in [1.82, 2.24) is 9.13 Å². The average molecular weight is 380 g/mol. The maximum atomic E-state index is 12.8. The lowest BCUT2D eigenvalue weighted by Gasteiger charge is -2.36. The lowest BCUT2D eigenvalue weighted by molar-refractivity contribution is 0.301. The maximum absolute atomic E-state index is 12.8. The molecule has 148 valence electrons. The molecule has 5 heteroatoms. The minimum absolute atomic E-state index is 0.0832. The summed E-state index contributed by atoms with van der Waals surface area (Å²) in [6, 6.07) is 15.2. The number of imidazole rings is 1. The van der Waals surface area contributed by atoms with E-state index in [1.807, 2.05) is 28.2 Å². The number of anilines is 1. The molecular weight excluding hydrogens is 350 g/mol. The zero-order chi connectivity index (χ0) is 19.8. The Bertz CT molecular complexity index is 1050. The van der Waals surface area contributed by atoms with Crippen LogP contribution in [0.4, 0.5) is 5.69 Å². The molecule has 0 radical (unpaired) electrons. The van der Waals surface area contributed by atoms with Crippen LogP contribution in [-0.4, -0.2) is 28.3 Å². The standard InChI is InChI=1S/C23H29N3O2/c1-5-24-19-11-10-18(15-21(19)26(16(2)3)23(24)27)14-17(4)25-12-13-28-22-9-7-6-8-20(22)25/h6-11,15-17H,5,12-14H2,1-4H3. The lowest BCUT2D eigenvalue weighted by atomic mass is 10.0. The second kappa shape index (κ2) is 7.38. The molecular formula is C23H29N3O2. The van der Waals surface area contributed by atoms with Crippen LogP contribution in [0.3, 0.4) is 0 Å². The van der Waals surface area contributed by atoms with Gasteiger partial charge in [0.25, 0.3) is 0 Å². The number of para-hydroxylation sites is 2. The molecule has 0 N–H and O–H groups in total. The molecule has 3 aromatic rings. The molecule has 0 saturated carbocycles. The molecule has 0 fully saturated rings. The van der Waals surface area contributed by atoms with Gasteiger partial charge < -0.3 is 9.64 Å². The first-order chi connectivity index (χ1) is 13.5. The van der Waals surface area contributed by atoms with Gasteiger partial charge in [0.05, 0.1) is 23.3 Å². The second-order valence-corrected chi connectivity index (χ2v) is 7.88. The molecule has 1 unspecified atom stereocenters. The van der Waals surface area contributed by atoms with Crippen molar-refractivity contribution in [2.75, 3.05) is 18.1 Å². The van der Waals surface area contributed by atoms with Crippen LogP contribution in [0.2, 0.25) is 0 Å². The van der Waals surface area contributed by atoms with Gasteiger partial charge in [0.1, 0.15) is 12.4 Å². The van der Waals surface area contributed by atoms with Gasteiger partial charge in [0, 0.05) is 18.6 Å². The average Bonchev–Trinajstić information content (AvgIpc) is 2.97. The van der Waals surface area contributed by atoms with Crippen molar-refractivity contribution in [3.63, 3.8) is 0 Å². The number of hydrogen-bond donors (Lipinski definition) is 0. The topological polar surface area (TPSA) is 39.4 Å². The fourth-order valence-corrected chi connectivity index (χ4v) is 4.36. The molecule has 0 bridgehead atoms. The fraction of sp³-hybridized carbons (Fsp3) is 0.435. The van der Waals surface area contributed by atoms with E-state index in [4.69, 9.17) is 4.74 Å². The van der Waals surface area contributed by atoms with Crippen LogP contribution >= 0.6 is 0 Å². The van der Waals surface area contributed by atoms with Crippen LogP contribution in [0.25, 0.3) is 11.0 Å². The maximum Gasteiger partial charge on any atom is 0.329 e. The van der Waals surface area contributed by atoms with E-state index in [-0.39, 0.29) is 11.7 Å². The van der Waals surface area contributed by atoms with E-state index in [0.29, 0.717) is 19.2 Å². The molecule has 0 saturated heterocycles. The molecule has 1 aliphatic rings. The number of fused-ring (bicyclic) bond motifs is 2. The number of benzene rings is 2. The molecule has 2 heterocycles.